The van der Waals surface area contributed by atoms with E-state index < -0.39 is 74.2 Å². The molecule has 0 amide bonds. The number of carbonyl (C=O) groups excluding carboxylic acids is 4. The Balaban J connectivity index is 1.30. The Morgan fingerprint density at radius 3 is 2.41 bits per heavy atom. The van der Waals surface area contributed by atoms with Crippen molar-refractivity contribution in [3.05, 3.63) is 54.5 Å². The molecule has 0 spiro atoms. The molecule has 0 radical (unpaired) electrons. The van der Waals surface area contributed by atoms with Crippen molar-refractivity contribution in [2.75, 3.05) is 12.3 Å². The highest BCUT2D eigenvalue weighted by molar-refractivity contribution is 7.52. The normalized spacial score (nSPS) is 24.8. The van der Waals surface area contributed by atoms with E-state index in [9.17, 15) is 29.0 Å². The number of nitrogen functional groups attached to an aromatic ring is 1. The number of fused-ring (bicyclic) bond motifs is 1. The van der Waals surface area contributed by atoms with Crippen molar-refractivity contribution in [1.82, 2.24) is 19.7 Å². The van der Waals surface area contributed by atoms with Gasteiger partial charge < -0.3 is 34.0 Å². The van der Waals surface area contributed by atoms with Gasteiger partial charge in [-0.25, -0.2) is 19.2 Å². The summed E-state index contributed by atoms with van der Waals surface area (Å²) < 4.78 is 51.8. The fraction of sp³-hybridized carbons (Fsp3) is 0.553. The lowest BCUT2D eigenvalue weighted by atomic mass is 9.84. The zero-order valence-electron chi connectivity index (χ0n) is 31.4. The fourth-order valence-electron chi connectivity index (χ4n) is 7.94. The lowest BCUT2D eigenvalue weighted by Crippen LogP contribution is -2.46. The number of hydrogen-bond acceptors (Lipinski definition) is 15. The van der Waals surface area contributed by atoms with Gasteiger partial charge in [0.05, 0.1) is 24.8 Å². The van der Waals surface area contributed by atoms with Crippen LogP contribution >= 0.6 is 7.75 Å². The van der Waals surface area contributed by atoms with Crippen LogP contribution in [0.5, 0.6) is 5.75 Å². The van der Waals surface area contributed by atoms with Crippen molar-refractivity contribution < 1.29 is 51.7 Å². The average molecular weight is 795 g/mol. The largest absolute Gasteiger partial charge is 0.459 e. The number of ether oxygens (including phenoxy) is 4. The van der Waals surface area contributed by atoms with Crippen molar-refractivity contribution in [3.8, 4) is 11.8 Å². The predicted octanol–water partition coefficient (Wildman–Crippen LogP) is 4.87. The predicted molar refractivity (Wildman–Crippen MR) is 197 cm³/mol. The van der Waals surface area contributed by atoms with Gasteiger partial charge in [0.1, 0.15) is 41.7 Å². The van der Waals surface area contributed by atoms with Crippen molar-refractivity contribution in [2.45, 2.75) is 120 Å². The van der Waals surface area contributed by atoms with Crippen molar-refractivity contribution >= 4 is 43.3 Å². The van der Waals surface area contributed by atoms with Crippen LogP contribution in [-0.4, -0.2) is 75.4 Å². The van der Waals surface area contributed by atoms with E-state index in [2.05, 4.69) is 21.2 Å². The zero-order chi connectivity index (χ0) is 39.9. The lowest BCUT2D eigenvalue weighted by molar-refractivity contribution is -0.169. The highest BCUT2D eigenvalue weighted by Gasteiger charge is 2.63. The van der Waals surface area contributed by atoms with Gasteiger partial charge in [0.15, 0.2) is 18.0 Å². The molecule has 3 fully saturated rings. The second-order valence-electron chi connectivity index (χ2n) is 14.2. The van der Waals surface area contributed by atoms with Crippen LogP contribution in [0.25, 0.3) is 5.52 Å². The van der Waals surface area contributed by atoms with Gasteiger partial charge in [-0.2, -0.15) is 10.4 Å². The summed E-state index contributed by atoms with van der Waals surface area (Å²) in [6, 6.07) is 11.7. The third-order valence-electron chi connectivity index (χ3n) is 10.7. The minimum absolute atomic E-state index is 0.0667. The fourth-order valence-corrected chi connectivity index (χ4v) is 9.42. The Kier molecular flexibility index (Phi) is 12.7. The SMILES string of the molecule is CCC(=O)O[C@H]1[C@@H](OC(=O)CC)[C@](C#N)(c2ccc3c(N)ncnn23)O[C@@H]1CO[P@](=O)(N[C@H](C=O)CC(=O)OC1(C2CCCC2)CCCC1)Oc1ccccc1. The van der Waals surface area contributed by atoms with E-state index >= 15 is 0 Å². The molecular formula is C38H47N6O11P. The summed E-state index contributed by atoms with van der Waals surface area (Å²) >= 11 is 0. The Bertz CT molecular complexity index is 1980. The summed E-state index contributed by atoms with van der Waals surface area (Å²) in [5, 5.41) is 17.7. The molecule has 3 heterocycles. The summed E-state index contributed by atoms with van der Waals surface area (Å²) in [7, 11) is -4.62. The molecular weight excluding hydrogens is 747 g/mol. The number of benzene rings is 1. The van der Waals surface area contributed by atoms with Gasteiger partial charge in [-0.1, -0.05) is 44.9 Å². The van der Waals surface area contributed by atoms with Gasteiger partial charge in [0, 0.05) is 12.8 Å². The van der Waals surface area contributed by atoms with Crippen molar-refractivity contribution in [3.63, 3.8) is 0 Å². The first-order valence-electron chi connectivity index (χ1n) is 19.0. The second kappa shape index (κ2) is 17.5. The molecule has 0 unspecified atom stereocenters. The maximum absolute atomic E-state index is 14.7. The zero-order valence-corrected chi connectivity index (χ0v) is 32.3. The molecule has 3 aromatic rings. The van der Waals surface area contributed by atoms with Crippen LogP contribution in [-0.2, 0) is 52.8 Å². The van der Waals surface area contributed by atoms with Crippen molar-refractivity contribution in [2.24, 2.45) is 5.92 Å². The Labute approximate surface area is 324 Å². The third kappa shape index (κ3) is 8.58. The Morgan fingerprint density at radius 2 is 1.75 bits per heavy atom. The molecule has 6 rings (SSSR count). The first-order chi connectivity index (χ1) is 27.0. The number of anilines is 1. The van der Waals surface area contributed by atoms with E-state index in [0.717, 1.165) is 51.4 Å². The number of nitrogens with one attached hydrogen (secondary N) is 1. The molecule has 2 aliphatic carbocycles. The minimum atomic E-state index is -4.62. The number of carbonyl (C=O) groups is 4. The summed E-state index contributed by atoms with van der Waals surface area (Å²) in [6.45, 7) is 2.40. The number of para-hydroxylation sites is 1. The van der Waals surface area contributed by atoms with Crippen LogP contribution < -0.4 is 15.3 Å². The quantitative estimate of drug-likeness (QED) is 0.0803. The molecule has 17 nitrogen and oxygen atoms in total. The number of nitrogens with zero attached hydrogens (tertiary/aromatic N) is 4. The van der Waals surface area contributed by atoms with Gasteiger partial charge in [-0.05, 0) is 68.7 Å². The van der Waals surface area contributed by atoms with Gasteiger partial charge in [0.2, 0.25) is 5.60 Å². The molecule has 18 heteroatoms. The summed E-state index contributed by atoms with van der Waals surface area (Å²) in [6.07, 6.45) is 3.95. The molecule has 3 aliphatic rings. The first-order valence-corrected chi connectivity index (χ1v) is 20.5. The number of hydrogen-bond donors (Lipinski definition) is 2. The van der Waals surface area contributed by atoms with E-state index in [0.29, 0.717) is 11.8 Å². The van der Waals surface area contributed by atoms with Gasteiger partial charge >= 0.3 is 25.7 Å². The third-order valence-corrected chi connectivity index (χ3v) is 12.2. The Morgan fingerprint density at radius 1 is 1.05 bits per heavy atom. The van der Waals surface area contributed by atoms with Crippen molar-refractivity contribution in [1.29, 1.82) is 5.26 Å². The average Bonchev–Trinajstić information content (AvgIpc) is 4.02. The van der Waals surface area contributed by atoms with E-state index in [-0.39, 0.29) is 36.0 Å². The summed E-state index contributed by atoms with van der Waals surface area (Å²) in [5.74, 6) is -1.64. The molecule has 300 valence electrons. The molecule has 3 N–H and O–H groups in total. The van der Waals surface area contributed by atoms with E-state index in [1.54, 1.807) is 38.1 Å². The van der Waals surface area contributed by atoms with Crippen LogP contribution in [0, 0.1) is 17.2 Å². The molecule has 1 aromatic carbocycles. The summed E-state index contributed by atoms with van der Waals surface area (Å²) in [5.41, 5.74) is 3.69. The molecule has 1 saturated heterocycles. The van der Waals surface area contributed by atoms with E-state index in [4.69, 9.17) is 33.7 Å². The maximum atomic E-state index is 14.7. The van der Waals surface area contributed by atoms with E-state index in [1.807, 2.05) is 0 Å². The Hall–Kier alpha value is -4.88. The monoisotopic (exact) mass is 794 g/mol. The maximum Gasteiger partial charge on any atom is 0.459 e. The first kappa shape index (κ1) is 40.8. The van der Waals surface area contributed by atoms with Crippen LogP contribution in [0.15, 0.2) is 48.8 Å². The number of nitriles is 1. The standard InChI is InChI=1S/C38H47N6O11P/c1-3-31(46)51-34-29(53-38(23-39,35(34)52-32(47)4-2)30-17-16-28-36(40)41-24-42-44(28)30)22-50-56(49,55-27-14-6-5-7-15-27)43-26(21-45)20-33(48)54-37(18-10-11-19-37)25-12-8-9-13-25/h5-7,14-17,21,24-26,29,34-35H,3-4,8-13,18-20,22H2,1-2H3,(H,43,49)(H2,40,41,42)/t26-,29+,34+,35+,38-,56+/m0/s1. The molecule has 2 saturated carbocycles. The smallest absolute Gasteiger partial charge is 0.459 e. The second-order valence-corrected chi connectivity index (χ2v) is 15.9. The van der Waals surface area contributed by atoms with Gasteiger partial charge in [0.25, 0.3) is 0 Å². The van der Waals surface area contributed by atoms with Crippen LogP contribution in [0.3, 0.4) is 0 Å². The van der Waals surface area contributed by atoms with Crippen LogP contribution in [0.2, 0.25) is 0 Å². The summed E-state index contributed by atoms with van der Waals surface area (Å²) in [4.78, 5) is 55.6. The highest BCUT2D eigenvalue weighted by atomic mass is 31.2. The molecule has 6 atom stereocenters. The van der Waals surface area contributed by atoms with E-state index in [1.165, 1.54) is 29.0 Å². The molecule has 2 aromatic heterocycles. The molecule has 0 bridgehead atoms. The van der Waals surface area contributed by atoms with Crippen LogP contribution in [0.4, 0.5) is 5.82 Å². The van der Waals surface area contributed by atoms with Gasteiger partial charge in [-0.3, -0.25) is 18.9 Å². The number of aromatic nitrogens is 3. The number of esters is 3. The molecule has 1 aliphatic heterocycles. The van der Waals surface area contributed by atoms with Gasteiger partial charge in [-0.15, -0.1) is 0 Å². The minimum Gasteiger partial charge on any atom is -0.459 e. The highest BCUT2D eigenvalue weighted by Crippen LogP contribution is 2.50. The lowest BCUT2D eigenvalue weighted by Gasteiger charge is -2.35. The number of nitrogens with two attached hydrogens (primary N) is 1. The number of rotatable bonds is 17. The molecule has 56 heavy (non-hydrogen) atoms. The van der Waals surface area contributed by atoms with Crippen LogP contribution in [0.1, 0.15) is 90.2 Å². The topological polar surface area (TPSA) is 233 Å². The number of aldehydes is 1.